The van der Waals surface area contributed by atoms with Gasteiger partial charge in [-0.2, -0.15) is 5.26 Å². The van der Waals surface area contributed by atoms with Crippen molar-refractivity contribution in [2.75, 3.05) is 0 Å². The van der Waals surface area contributed by atoms with E-state index in [2.05, 4.69) is 6.07 Å². The van der Waals surface area contributed by atoms with Crippen molar-refractivity contribution >= 4 is 5.78 Å². The average molecular weight is 249 g/mol. The maximum atomic E-state index is 12.3. The zero-order valence-electron chi connectivity index (χ0n) is 10.8. The fraction of sp³-hybridized carbons (Fsp3) is 0.176. The Morgan fingerprint density at radius 1 is 1.11 bits per heavy atom. The second-order valence-corrected chi connectivity index (χ2v) is 4.60. The van der Waals surface area contributed by atoms with Crippen LogP contribution >= 0.6 is 0 Å². The fourth-order valence-electron chi connectivity index (χ4n) is 1.97. The number of hydrogen-bond donors (Lipinski definition) is 0. The van der Waals surface area contributed by atoms with Crippen molar-refractivity contribution in [2.24, 2.45) is 5.92 Å². The third kappa shape index (κ3) is 3.29. The van der Waals surface area contributed by atoms with Crippen molar-refractivity contribution in [2.45, 2.75) is 13.3 Å². The van der Waals surface area contributed by atoms with Gasteiger partial charge in [0.15, 0.2) is 5.78 Å². The summed E-state index contributed by atoms with van der Waals surface area (Å²) in [5.41, 5.74) is 2.72. The Balaban J connectivity index is 2.16. The van der Waals surface area contributed by atoms with Gasteiger partial charge in [0.2, 0.25) is 0 Å². The van der Waals surface area contributed by atoms with E-state index in [0.717, 1.165) is 11.1 Å². The molecule has 0 bridgehead atoms. The van der Waals surface area contributed by atoms with E-state index in [-0.39, 0.29) is 5.78 Å². The summed E-state index contributed by atoms with van der Waals surface area (Å²) in [6.07, 6.45) is 0.462. The molecule has 1 atom stereocenters. The van der Waals surface area contributed by atoms with Crippen LogP contribution in [0.1, 0.15) is 21.5 Å². The number of benzene rings is 2. The molecule has 0 amide bonds. The molecule has 1 unspecified atom stereocenters. The molecule has 0 spiro atoms. The van der Waals surface area contributed by atoms with Crippen LogP contribution in [0, 0.1) is 24.2 Å². The minimum Gasteiger partial charge on any atom is -0.293 e. The molecule has 0 fully saturated rings. The SMILES string of the molecule is Cc1ccc(C(=O)C(C#N)Cc2ccccc2)cc1. The minimum atomic E-state index is -0.620. The first kappa shape index (κ1) is 13.0. The molecule has 2 heteroatoms. The Labute approximate surface area is 113 Å². The van der Waals surface area contributed by atoms with Gasteiger partial charge >= 0.3 is 0 Å². The lowest BCUT2D eigenvalue weighted by atomic mass is 9.92. The van der Waals surface area contributed by atoms with Gasteiger partial charge < -0.3 is 0 Å². The molecular formula is C17H15NO. The van der Waals surface area contributed by atoms with Crippen LogP contribution in [0.4, 0.5) is 0 Å². The number of nitriles is 1. The van der Waals surface area contributed by atoms with Crippen molar-refractivity contribution in [3.05, 3.63) is 71.3 Å². The molecule has 0 aliphatic rings. The lowest BCUT2D eigenvalue weighted by Gasteiger charge is -2.08. The molecule has 94 valence electrons. The molecule has 0 saturated heterocycles. The number of aryl methyl sites for hydroxylation is 1. The molecule has 0 aliphatic carbocycles. The molecule has 0 N–H and O–H groups in total. The van der Waals surface area contributed by atoms with Crippen LogP contribution in [0.2, 0.25) is 0 Å². The average Bonchev–Trinajstić information content (AvgIpc) is 2.46. The van der Waals surface area contributed by atoms with Gasteiger partial charge in [-0.15, -0.1) is 0 Å². The molecule has 19 heavy (non-hydrogen) atoms. The Kier molecular flexibility index (Phi) is 4.10. The van der Waals surface area contributed by atoms with E-state index in [1.54, 1.807) is 12.1 Å². The molecule has 0 radical (unpaired) electrons. The smallest absolute Gasteiger partial charge is 0.180 e. The number of Topliss-reactive ketones (excluding diaryl/α,β-unsaturated/α-hetero) is 1. The van der Waals surface area contributed by atoms with Crippen molar-refractivity contribution in [3.8, 4) is 6.07 Å². The molecule has 2 aromatic carbocycles. The van der Waals surface area contributed by atoms with E-state index in [0.29, 0.717) is 12.0 Å². The van der Waals surface area contributed by atoms with Gasteiger partial charge in [0.25, 0.3) is 0 Å². The summed E-state index contributed by atoms with van der Waals surface area (Å²) in [6.45, 7) is 1.97. The maximum absolute atomic E-state index is 12.3. The van der Waals surface area contributed by atoms with Crippen molar-refractivity contribution in [1.82, 2.24) is 0 Å². The van der Waals surface area contributed by atoms with Crippen molar-refractivity contribution in [3.63, 3.8) is 0 Å². The summed E-state index contributed by atoms with van der Waals surface area (Å²) < 4.78 is 0. The maximum Gasteiger partial charge on any atom is 0.180 e. The zero-order valence-corrected chi connectivity index (χ0v) is 10.8. The van der Waals surface area contributed by atoms with Gasteiger partial charge in [0.05, 0.1) is 6.07 Å². The van der Waals surface area contributed by atoms with Crippen LogP contribution in [0.3, 0.4) is 0 Å². The predicted molar refractivity (Wildman–Crippen MR) is 74.8 cm³/mol. The highest BCUT2D eigenvalue weighted by Gasteiger charge is 2.19. The first-order valence-corrected chi connectivity index (χ1v) is 6.25. The number of rotatable bonds is 4. The molecule has 0 aromatic heterocycles. The van der Waals surface area contributed by atoms with Crippen LogP contribution in [-0.2, 0) is 6.42 Å². The number of nitrogens with zero attached hydrogens (tertiary/aromatic N) is 1. The van der Waals surface area contributed by atoms with Gasteiger partial charge in [-0.05, 0) is 18.9 Å². The number of carbonyl (C=O) groups excluding carboxylic acids is 1. The minimum absolute atomic E-state index is 0.105. The van der Waals surface area contributed by atoms with Crippen LogP contribution in [0.5, 0.6) is 0 Å². The Bertz CT molecular complexity index is 593. The fourth-order valence-corrected chi connectivity index (χ4v) is 1.97. The van der Waals surface area contributed by atoms with E-state index in [1.807, 2.05) is 49.4 Å². The van der Waals surface area contributed by atoms with Crippen LogP contribution in [0.25, 0.3) is 0 Å². The van der Waals surface area contributed by atoms with E-state index in [1.165, 1.54) is 0 Å². The van der Waals surface area contributed by atoms with Gasteiger partial charge in [0.1, 0.15) is 5.92 Å². The van der Waals surface area contributed by atoms with Crippen LogP contribution in [-0.4, -0.2) is 5.78 Å². The van der Waals surface area contributed by atoms with E-state index in [4.69, 9.17) is 0 Å². The van der Waals surface area contributed by atoms with E-state index >= 15 is 0 Å². The first-order chi connectivity index (χ1) is 9.20. The van der Waals surface area contributed by atoms with Crippen molar-refractivity contribution < 1.29 is 4.79 Å². The Morgan fingerprint density at radius 2 is 1.74 bits per heavy atom. The summed E-state index contributed by atoms with van der Waals surface area (Å²) in [5, 5.41) is 9.20. The third-order valence-corrected chi connectivity index (χ3v) is 3.09. The molecular weight excluding hydrogens is 234 g/mol. The zero-order chi connectivity index (χ0) is 13.7. The van der Waals surface area contributed by atoms with Gasteiger partial charge in [-0.3, -0.25) is 4.79 Å². The number of hydrogen-bond acceptors (Lipinski definition) is 2. The monoisotopic (exact) mass is 249 g/mol. The van der Waals surface area contributed by atoms with E-state index in [9.17, 15) is 10.1 Å². The van der Waals surface area contributed by atoms with Crippen LogP contribution < -0.4 is 0 Å². The molecule has 2 rings (SSSR count). The molecule has 2 aromatic rings. The normalized spacial score (nSPS) is 11.6. The predicted octanol–water partition coefficient (Wildman–Crippen LogP) is 3.56. The highest BCUT2D eigenvalue weighted by Crippen LogP contribution is 2.15. The summed E-state index contributed by atoms with van der Waals surface area (Å²) in [6, 6.07) is 19.1. The van der Waals surface area contributed by atoms with E-state index < -0.39 is 5.92 Å². The van der Waals surface area contributed by atoms with Crippen LogP contribution in [0.15, 0.2) is 54.6 Å². The summed E-state index contributed by atoms with van der Waals surface area (Å²) in [5.74, 6) is -0.726. The standard InChI is InChI=1S/C17H15NO/c1-13-7-9-15(10-8-13)17(19)16(12-18)11-14-5-3-2-4-6-14/h2-10,16H,11H2,1H3. The second kappa shape index (κ2) is 5.97. The Hall–Kier alpha value is -2.40. The number of carbonyl (C=O) groups is 1. The summed E-state index contributed by atoms with van der Waals surface area (Å²) in [7, 11) is 0. The van der Waals surface area contributed by atoms with Gasteiger partial charge in [0, 0.05) is 5.56 Å². The summed E-state index contributed by atoms with van der Waals surface area (Å²) in [4.78, 5) is 12.3. The number of ketones is 1. The molecule has 0 saturated carbocycles. The van der Waals surface area contributed by atoms with Crippen molar-refractivity contribution in [1.29, 1.82) is 5.26 Å². The molecule has 2 nitrogen and oxygen atoms in total. The second-order valence-electron chi connectivity index (χ2n) is 4.60. The topological polar surface area (TPSA) is 40.9 Å². The summed E-state index contributed by atoms with van der Waals surface area (Å²) >= 11 is 0. The molecule has 0 heterocycles. The third-order valence-electron chi connectivity index (χ3n) is 3.09. The largest absolute Gasteiger partial charge is 0.293 e. The van der Waals surface area contributed by atoms with Gasteiger partial charge in [-0.25, -0.2) is 0 Å². The highest BCUT2D eigenvalue weighted by atomic mass is 16.1. The molecule has 0 aliphatic heterocycles. The van der Waals surface area contributed by atoms with Gasteiger partial charge in [-0.1, -0.05) is 60.2 Å². The highest BCUT2D eigenvalue weighted by molar-refractivity contribution is 5.99. The lowest BCUT2D eigenvalue weighted by Crippen LogP contribution is -2.15. The lowest BCUT2D eigenvalue weighted by molar-refractivity contribution is 0.0948. The first-order valence-electron chi connectivity index (χ1n) is 6.25. The quantitative estimate of drug-likeness (QED) is 0.777. The Morgan fingerprint density at radius 3 is 2.32 bits per heavy atom.